The van der Waals surface area contributed by atoms with Gasteiger partial charge in [-0.1, -0.05) is 17.7 Å². The van der Waals surface area contributed by atoms with Crippen molar-refractivity contribution in [2.45, 2.75) is 31.9 Å². The molecule has 2 amide bonds. The van der Waals surface area contributed by atoms with Gasteiger partial charge in [-0.15, -0.1) is 0 Å². The smallest absolute Gasteiger partial charge is 0.267 e. The Morgan fingerprint density at radius 2 is 2.25 bits per heavy atom. The minimum absolute atomic E-state index is 0.000109. The summed E-state index contributed by atoms with van der Waals surface area (Å²) in [6.45, 7) is 3.85. The van der Waals surface area contributed by atoms with E-state index >= 15 is 0 Å². The molecule has 0 aromatic heterocycles. The molecule has 1 N–H and O–H groups in total. The van der Waals surface area contributed by atoms with Gasteiger partial charge in [-0.2, -0.15) is 5.10 Å². The second-order valence-electron chi connectivity index (χ2n) is 7.00. The summed E-state index contributed by atoms with van der Waals surface area (Å²) >= 11 is 6.30. The third kappa shape index (κ3) is 4.68. The molecule has 9 heteroatoms. The topological polar surface area (TPSA) is 74.2 Å². The van der Waals surface area contributed by atoms with E-state index in [1.54, 1.807) is 12.1 Å². The minimum atomic E-state index is -0.437. The summed E-state index contributed by atoms with van der Waals surface area (Å²) in [6, 6.07) is 4.13. The largest absolute Gasteiger partial charge is 0.376 e. The quantitative estimate of drug-likeness (QED) is 0.805. The number of carbonyl (C=O) groups excluding carboxylic acids is 2. The number of nitrogens with one attached hydrogen (secondary N) is 1. The van der Waals surface area contributed by atoms with E-state index in [1.165, 1.54) is 18.1 Å². The fourth-order valence-corrected chi connectivity index (χ4v) is 3.78. The first-order valence-corrected chi connectivity index (χ1v) is 9.66. The average molecular weight is 411 g/mol. The van der Waals surface area contributed by atoms with Crippen molar-refractivity contribution in [3.63, 3.8) is 0 Å². The lowest BCUT2D eigenvalue weighted by molar-refractivity contribution is -0.130. The molecule has 152 valence electrons. The first-order valence-electron chi connectivity index (χ1n) is 9.28. The maximum Gasteiger partial charge on any atom is 0.267 e. The minimum Gasteiger partial charge on any atom is -0.376 e. The number of hydrogen-bond donors (Lipinski definition) is 1. The van der Waals surface area contributed by atoms with Gasteiger partial charge in [-0.3, -0.25) is 14.5 Å². The normalized spacial score (nSPS) is 22.0. The summed E-state index contributed by atoms with van der Waals surface area (Å²) in [7, 11) is 1.52. The van der Waals surface area contributed by atoms with Crippen molar-refractivity contribution in [3.05, 3.63) is 34.6 Å². The maximum atomic E-state index is 14.6. The highest BCUT2D eigenvalue weighted by atomic mass is 35.5. The Balaban J connectivity index is 1.79. The van der Waals surface area contributed by atoms with Crippen molar-refractivity contribution in [1.82, 2.24) is 15.2 Å². The van der Waals surface area contributed by atoms with Crippen LogP contribution in [0, 0.1) is 5.82 Å². The molecule has 0 spiro atoms. The zero-order valence-corrected chi connectivity index (χ0v) is 16.7. The molecule has 1 saturated heterocycles. The molecular weight excluding hydrogens is 387 g/mol. The van der Waals surface area contributed by atoms with Crippen molar-refractivity contribution in [1.29, 1.82) is 0 Å². The molecule has 2 aliphatic rings. The lowest BCUT2D eigenvalue weighted by Crippen LogP contribution is -2.48. The van der Waals surface area contributed by atoms with Crippen LogP contribution in [-0.2, 0) is 14.3 Å². The monoisotopic (exact) mass is 410 g/mol. The van der Waals surface area contributed by atoms with Crippen LogP contribution in [0.15, 0.2) is 23.3 Å². The van der Waals surface area contributed by atoms with Gasteiger partial charge >= 0.3 is 0 Å². The van der Waals surface area contributed by atoms with Crippen molar-refractivity contribution in [2.24, 2.45) is 5.10 Å². The van der Waals surface area contributed by atoms with E-state index < -0.39 is 11.9 Å². The second-order valence-corrected chi connectivity index (χ2v) is 7.41. The van der Waals surface area contributed by atoms with Gasteiger partial charge in [0.15, 0.2) is 0 Å². The van der Waals surface area contributed by atoms with Crippen LogP contribution in [0.4, 0.5) is 4.39 Å². The van der Waals surface area contributed by atoms with E-state index in [2.05, 4.69) is 15.3 Å². The zero-order valence-electron chi connectivity index (χ0n) is 16.0. The van der Waals surface area contributed by atoms with E-state index in [0.29, 0.717) is 30.3 Å². The maximum absolute atomic E-state index is 14.6. The number of morpholine rings is 1. The number of rotatable bonds is 5. The molecule has 0 saturated carbocycles. The Labute approximate surface area is 168 Å². The van der Waals surface area contributed by atoms with Crippen LogP contribution in [0.3, 0.4) is 0 Å². The fraction of sp³-hybridized carbons (Fsp3) is 0.526. The first kappa shape index (κ1) is 20.7. The summed E-state index contributed by atoms with van der Waals surface area (Å²) in [5, 5.41) is 8.36. The van der Waals surface area contributed by atoms with Crippen LogP contribution >= 0.6 is 11.6 Å². The predicted octanol–water partition coefficient (Wildman–Crippen LogP) is 1.97. The van der Waals surface area contributed by atoms with E-state index in [9.17, 15) is 14.0 Å². The molecule has 0 aliphatic carbocycles. The standard InChI is InChI=1S/C19H24ClFN4O3/c1-12-11-25(8-9-28-12)16(18-13(20)4-3-5-14(18)21)10-22-19(27)15-6-7-17(26)24(2)23-15/h3-5,12,16H,6-11H2,1-2H3,(H,22,27)/t12-,16+/m1/s1. The van der Waals surface area contributed by atoms with E-state index in [1.807, 2.05) is 6.92 Å². The molecule has 3 rings (SSSR count). The van der Waals surface area contributed by atoms with Crippen molar-refractivity contribution >= 4 is 29.1 Å². The Hall–Kier alpha value is -2.03. The lowest BCUT2D eigenvalue weighted by atomic mass is 10.0. The Morgan fingerprint density at radius 3 is 2.93 bits per heavy atom. The van der Waals surface area contributed by atoms with Crippen LogP contribution in [0.1, 0.15) is 31.4 Å². The Bertz CT molecular complexity index is 768. The highest BCUT2D eigenvalue weighted by Crippen LogP contribution is 2.31. The van der Waals surface area contributed by atoms with Crippen LogP contribution in [0.5, 0.6) is 0 Å². The summed E-state index contributed by atoms with van der Waals surface area (Å²) < 4.78 is 20.2. The highest BCUT2D eigenvalue weighted by Gasteiger charge is 2.30. The number of amides is 2. The van der Waals surface area contributed by atoms with Crippen LogP contribution < -0.4 is 5.32 Å². The van der Waals surface area contributed by atoms with Crippen LogP contribution in [0.2, 0.25) is 5.02 Å². The average Bonchev–Trinajstić information content (AvgIpc) is 2.66. The predicted molar refractivity (Wildman–Crippen MR) is 104 cm³/mol. The molecule has 2 aliphatic heterocycles. The molecule has 0 unspecified atom stereocenters. The van der Waals surface area contributed by atoms with Crippen LogP contribution in [-0.4, -0.2) is 66.8 Å². The fourth-order valence-electron chi connectivity index (χ4n) is 3.50. The number of hydrogen-bond acceptors (Lipinski definition) is 5. The summed E-state index contributed by atoms with van der Waals surface area (Å²) in [5.74, 6) is -0.904. The number of hydrazone groups is 1. The first-order chi connectivity index (χ1) is 13.4. The van der Waals surface area contributed by atoms with E-state index in [0.717, 1.165) is 0 Å². The molecule has 2 heterocycles. The van der Waals surface area contributed by atoms with Gasteiger partial charge in [0.25, 0.3) is 5.91 Å². The second kappa shape index (κ2) is 8.98. The SMILES string of the molecule is C[C@@H]1CN([C@@H](CNC(=O)C2=NN(C)C(=O)CC2)c2c(F)cccc2Cl)CCO1. The van der Waals surface area contributed by atoms with Gasteiger partial charge in [-0.05, 0) is 19.1 Å². The summed E-state index contributed by atoms with van der Waals surface area (Å²) in [4.78, 5) is 26.2. The van der Waals surface area contributed by atoms with Crippen molar-refractivity contribution < 1.29 is 18.7 Å². The van der Waals surface area contributed by atoms with Gasteiger partial charge in [0.05, 0.1) is 18.8 Å². The van der Waals surface area contributed by atoms with Gasteiger partial charge in [0.1, 0.15) is 11.5 Å². The molecule has 1 fully saturated rings. The highest BCUT2D eigenvalue weighted by molar-refractivity contribution is 6.39. The van der Waals surface area contributed by atoms with Gasteiger partial charge in [0, 0.05) is 50.1 Å². The lowest BCUT2D eigenvalue weighted by Gasteiger charge is -2.38. The van der Waals surface area contributed by atoms with Crippen molar-refractivity contribution in [3.8, 4) is 0 Å². The zero-order chi connectivity index (χ0) is 20.3. The number of nitrogens with zero attached hydrogens (tertiary/aromatic N) is 3. The molecule has 0 bridgehead atoms. The van der Waals surface area contributed by atoms with E-state index in [-0.39, 0.29) is 43.0 Å². The van der Waals surface area contributed by atoms with Gasteiger partial charge < -0.3 is 10.1 Å². The van der Waals surface area contributed by atoms with Gasteiger partial charge in [0.2, 0.25) is 5.91 Å². The van der Waals surface area contributed by atoms with Crippen LogP contribution in [0.25, 0.3) is 0 Å². The molecule has 1 aromatic carbocycles. The van der Waals surface area contributed by atoms with Gasteiger partial charge in [-0.25, -0.2) is 9.40 Å². The summed E-state index contributed by atoms with van der Waals surface area (Å²) in [5.41, 5.74) is 0.646. The molecule has 7 nitrogen and oxygen atoms in total. The molecular formula is C19H24ClFN4O3. The summed E-state index contributed by atoms with van der Waals surface area (Å²) in [6.07, 6.45) is 0.529. The number of ether oxygens (including phenoxy) is 1. The van der Waals surface area contributed by atoms with E-state index in [4.69, 9.17) is 16.3 Å². The number of carbonyl (C=O) groups is 2. The third-order valence-corrected chi connectivity index (χ3v) is 5.30. The Morgan fingerprint density at radius 1 is 1.46 bits per heavy atom. The number of halogens is 2. The molecule has 1 aromatic rings. The third-order valence-electron chi connectivity index (χ3n) is 4.97. The molecule has 28 heavy (non-hydrogen) atoms. The van der Waals surface area contributed by atoms with Crippen molar-refractivity contribution in [2.75, 3.05) is 33.3 Å². The Kier molecular flexibility index (Phi) is 6.64. The number of benzene rings is 1. The molecule has 0 radical (unpaired) electrons. The molecule has 2 atom stereocenters.